The molecule has 1 heterocycles. The molecule has 0 saturated carbocycles. The maximum atomic E-state index is 11.3. The minimum Gasteiger partial charge on any atom is -0.480 e. The molecule has 0 atom stereocenters. The van der Waals surface area contributed by atoms with Crippen molar-refractivity contribution in [3.8, 4) is 0 Å². The molecule has 0 aliphatic rings. The molecule has 0 spiro atoms. The van der Waals surface area contributed by atoms with E-state index in [1.807, 2.05) is 0 Å². The molecule has 0 saturated heterocycles. The molecule has 7 heteroatoms. The summed E-state index contributed by atoms with van der Waals surface area (Å²) in [5.41, 5.74) is 1.77. The van der Waals surface area contributed by atoms with E-state index >= 15 is 0 Å². The molecule has 0 aliphatic carbocycles. The zero-order chi connectivity index (χ0) is 13.1. The summed E-state index contributed by atoms with van der Waals surface area (Å²) < 4.78 is 5.29. The molecule has 0 radical (unpaired) electrons. The lowest BCUT2D eigenvalue weighted by atomic mass is 10.3. The number of carboxylic acid groups (broad SMARTS) is 1. The van der Waals surface area contributed by atoms with Gasteiger partial charge in [0.25, 0.3) is 0 Å². The van der Waals surface area contributed by atoms with Crippen LogP contribution in [0, 0.1) is 6.92 Å². The van der Waals surface area contributed by atoms with Crippen LogP contribution in [0.15, 0.2) is 22.6 Å². The van der Waals surface area contributed by atoms with Gasteiger partial charge in [-0.2, -0.15) is 0 Å². The summed E-state index contributed by atoms with van der Waals surface area (Å²) in [7, 11) is 0. The molecule has 18 heavy (non-hydrogen) atoms. The summed E-state index contributed by atoms with van der Waals surface area (Å²) in [6.45, 7) is 1.30. The number of anilines is 1. The number of carbonyl (C=O) groups is 2. The van der Waals surface area contributed by atoms with E-state index in [0.29, 0.717) is 22.7 Å². The number of fused-ring (bicyclic) bond motifs is 1. The van der Waals surface area contributed by atoms with Gasteiger partial charge in [0, 0.05) is 12.6 Å². The van der Waals surface area contributed by atoms with Crippen molar-refractivity contribution in [1.29, 1.82) is 0 Å². The molecule has 1 aromatic heterocycles. The minimum absolute atomic E-state index is 0.433. The van der Waals surface area contributed by atoms with E-state index in [1.165, 1.54) is 0 Å². The summed E-state index contributed by atoms with van der Waals surface area (Å²) >= 11 is 0. The molecule has 7 nitrogen and oxygen atoms in total. The molecular weight excluding hydrogens is 238 g/mol. The first kappa shape index (κ1) is 11.9. The zero-order valence-electron chi connectivity index (χ0n) is 9.56. The number of nitrogens with zero attached hydrogens (tertiary/aromatic N) is 1. The van der Waals surface area contributed by atoms with Crippen molar-refractivity contribution in [2.24, 2.45) is 0 Å². The smallest absolute Gasteiger partial charge is 0.323 e. The van der Waals surface area contributed by atoms with Gasteiger partial charge in [-0.15, -0.1) is 0 Å². The van der Waals surface area contributed by atoms with Crippen LogP contribution in [0.4, 0.5) is 10.5 Å². The van der Waals surface area contributed by atoms with Crippen LogP contribution in [-0.2, 0) is 4.79 Å². The molecule has 94 valence electrons. The fourth-order valence-corrected chi connectivity index (χ4v) is 1.45. The van der Waals surface area contributed by atoms with Gasteiger partial charge in [0.1, 0.15) is 12.1 Å². The monoisotopic (exact) mass is 249 g/mol. The maximum absolute atomic E-state index is 11.3. The van der Waals surface area contributed by atoms with Gasteiger partial charge in [-0.3, -0.25) is 4.79 Å². The highest BCUT2D eigenvalue weighted by Crippen LogP contribution is 2.19. The van der Waals surface area contributed by atoms with Crippen LogP contribution in [0.1, 0.15) is 5.89 Å². The number of rotatable bonds is 3. The summed E-state index contributed by atoms with van der Waals surface area (Å²) in [6, 6.07) is 4.39. The average molecular weight is 249 g/mol. The number of aliphatic carboxylic acids is 1. The van der Waals surface area contributed by atoms with Gasteiger partial charge in [-0.25, -0.2) is 9.78 Å². The van der Waals surface area contributed by atoms with Crippen LogP contribution >= 0.6 is 0 Å². The van der Waals surface area contributed by atoms with Crippen molar-refractivity contribution in [2.45, 2.75) is 6.92 Å². The molecule has 0 fully saturated rings. The molecule has 0 aliphatic heterocycles. The van der Waals surface area contributed by atoms with Crippen LogP contribution in [0.3, 0.4) is 0 Å². The van der Waals surface area contributed by atoms with E-state index in [-0.39, 0.29) is 0 Å². The van der Waals surface area contributed by atoms with Crippen molar-refractivity contribution in [3.05, 3.63) is 24.1 Å². The second kappa shape index (κ2) is 4.74. The van der Waals surface area contributed by atoms with Crippen LogP contribution in [0.5, 0.6) is 0 Å². The number of nitrogens with one attached hydrogen (secondary N) is 2. The van der Waals surface area contributed by atoms with Crippen molar-refractivity contribution in [2.75, 3.05) is 11.9 Å². The third-order valence-corrected chi connectivity index (χ3v) is 2.15. The maximum Gasteiger partial charge on any atom is 0.323 e. The van der Waals surface area contributed by atoms with E-state index in [4.69, 9.17) is 9.52 Å². The summed E-state index contributed by atoms with van der Waals surface area (Å²) in [6.07, 6.45) is 0. The molecule has 2 rings (SSSR count). The number of urea groups is 1. The predicted molar refractivity (Wildman–Crippen MR) is 63.4 cm³/mol. The fourth-order valence-electron chi connectivity index (χ4n) is 1.45. The molecule has 2 amide bonds. The average Bonchev–Trinajstić information content (AvgIpc) is 2.66. The standard InChI is InChI=1S/C11H11N3O4/c1-6-13-8-4-7(2-3-9(8)18-6)14-11(17)12-5-10(15)16/h2-4H,5H2,1H3,(H,15,16)(H2,12,14,17). The van der Waals surface area contributed by atoms with Crippen molar-refractivity contribution >= 4 is 28.8 Å². The van der Waals surface area contributed by atoms with Crippen LogP contribution in [0.25, 0.3) is 11.1 Å². The Kier molecular flexibility index (Phi) is 3.13. The quantitative estimate of drug-likeness (QED) is 0.761. The highest BCUT2D eigenvalue weighted by atomic mass is 16.4. The Morgan fingerprint density at radius 1 is 1.44 bits per heavy atom. The Morgan fingerprint density at radius 3 is 2.94 bits per heavy atom. The van der Waals surface area contributed by atoms with E-state index < -0.39 is 18.5 Å². The number of carboxylic acids is 1. The number of aryl methyl sites for hydroxylation is 1. The van der Waals surface area contributed by atoms with Gasteiger partial charge < -0.3 is 20.2 Å². The molecule has 0 bridgehead atoms. The third-order valence-electron chi connectivity index (χ3n) is 2.15. The Balaban J connectivity index is 2.07. The first-order valence-electron chi connectivity index (χ1n) is 5.18. The van der Waals surface area contributed by atoms with E-state index in [9.17, 15) is 9.59 Å². The second-order valence-corrected chi connectivity index (χ2v) is 3.62. The molecule has 0 unspecified atom stereocenters. The topological polar surface area (TPSA) is 104 Å². The zero-order valence-corrected chi connectivity index (χ0v) is 9.56. The van der Waals surface area contributed by atoms with Gasteiger partial charge in [0.2, 0.25) is 0 Å². The summed E-state index contributed by atoms with van der Waals surface area (Å²) in [5.74, 6) is -0.565. The SMILES string of the molecule is Cc1nc2cc(NC(=O)NCC(=O)O)ccc2o1. The van der Waals surface area contributed by atoms with Gasteiger partial charge >= 0.3 is 12.0 Å². The second-order valence-electron chi connectivity index (χ2n) is 3.62. The number of hydrogen-bond acceptors (Lipinski definition) is 4. The number of benzene rings is 1. The van der Waals surface area contributed by atoms with E-state index in [1.54, 1.807) is 25.1 Å². The van der Waals surface area contributed by atoms with Crippen LogP contribution in [-0.4, -0.2) is 28.6 Å². The number of hydrogen-bond donors (Lipinski definition) is 3. The van der Waals surface area contributed by atoms with Crippen LogP contribution < -0.4 is 10.6 Å². The first-order valence-corrected chi connectivity index (χ1v) is 5.18. The van der Waals surface area contributed by atoms with Gasteiger partial charge in [0.05, 0.1) is 0 Å². The number of carbonyl (C=O) groups excluding carboxylic acids is 1. The normalized spacial score (nSPS) is 10.3. The Labute approximate surface area is 102 Å². The third kappa shape index (κ3) is 2.76. The largest absolute Gasteiger partial charge is 0.480 e. The Morgan fingerprint density at radius 2 is 2.22 bits per heavy atom. The highest BCUT2D eigenvalue weighted by molar-refractivity contribution is 5.93. The molecule has 1 aromatic carbocycles. The minimum atomic E-state index is -1.10. The van der Waals surface area contributed by atoms with Crippen molar-refractivity contribution in [3.63, 3.8) is 0 Å². The molecule has 2 aromatic rings. The summed E-state index contributed by atoms with van der Waals surface area (Å²) in [5, 5.41) is 13.1. The van der Waals surface area contributed by atoms with E-state index in [0.717, 1.165) is 0 Å². The van der Waals surface area contributed by atoms with Crippen molar-refractivity contribution in [1.82, 2.24) is 10.3 Å². The Hall–Kier alpha value is -2.57. The summed E-state index contributed by atoms with van der Waals surface area (Å²) in [4.78, 5) is 25.7. The number of aromatic nitrogens is 1. The van der Waals surface area contributed by atoms with Crippen molar-refractivity contribution < 1.29 is 19.1 Å². The fraction of sp³-hybridized carbons (Fsp3) is 0.182. The molecule has 3 N–H and O–H groups in total. The molecular formula is C11H11N3O4. The van der Waals surface area contributed by atoms with Gasteiger partial charge in [0.15, 0.2) is 11.5 Å². The highest BCUT2D eigenvalue weighted by Gasteiger charge is 2.06. The van der Waals surface area contributed by atoms with Gasteiger partial charge in [-0.05, 0) is 18.2 Å². The van der Waals surface area contributed by atoms with E-state index in [2.05, 4.69) is 15.6 Å². The number of oxazole rings is 1. The lowest BCUT2D eigenvalue weighted by Gasteiger charge is -2.05. The lowest BCUT2D eigenvalue weighted by molar-refractivity contribution is -0.135. The predicted octanol–water partition coefficient (Wildman–Crippen LogP) is 1.34. The number of amides is 2. The van der Waals surface area contributed by atoms with Crippen LogP contribution in [0.2, 0.25) is 0 Å². The first-order chi connectivity index (χ1) is 8.54. The van der Waals surface area contributed by atoms with Gasteiger partial charge in [-0.1, -0.05) is 0 Å². The lowest BCUT2D eigenvalue weighted by Crippen LogP contribution is -2.33. The Bertz CT molecular complexity index is 605.